The molecule has 0 radical (unpaired) electrons. The van der Waals surface area contributed by atoms with E-state index in [2.05, 4.69) is 31.2 Å². The van der Waals surface area contributed by atoms with Crippen LogP contribution in [0.3, 0.4) is 0 Å². The lowest BCUT2D eigenvalue weighted by Crippen LogP contribution is -2.37. The first-order valence-corrected chi connectivity index (χ1v) is 6.24. The second kappa shape index (κ2) is 7.28. The molecule has 0 aliphatic carbocycles. The van der Waals surface area contributed by atoms with E-state index in [0.29, 0.717) is 5.92 Å². The number of benzene rings is 1. The molecule has 0 amide bonds. The van der Waals surface area contributed by atoms with Crippen LogP contribution in [0.5, 0.6) is 0 Å². The van der Waals surface area contributed by atoms with Gasteiger partial charge in [0.25, 0.3) is 0 Å². The molecule has 1 aromatic carbocycles. The van der Waals surface area contributed by atoms with Crippen LogP contribution in [0.2, 0.25) is 0 Å². The van der Waals surface area contributed by atoms with Crippen LogP contribution in [-0.4, -0.2) is 25.4 Å². The Morgan fingerprint density at radius 1 is 1.35 bits per heavy atom. The van der Waals surface area contributed by atoms with E-state index in [1.807, 2.05) is 0 Å². The van der Waals surface area contributed by atoms with Crippen LogP contribution in [0.15, 0.2) is 24.3 Å². The van der Waals surface area contributed by atoms with Gasteiger partial charge in [-0.2, -0.15) is 13.2 Å². The third-order valence-corrected chi connectivity index (χ3v) is 3.02. The number of ether oxygens (including phenoxy) is 1. The van der Waals surface area contributed by atoms with Crippen molar-refractivity contribution in [3.63, 3.8) is 0 Å². The van der Waals surface area contributed by atoms with Gasteiger partial charge in [0.05, 0.1) is 6.61 Å². The Hall–Kier alpha value is -1.56. The highest BCUT2D eigenvalue weighted by Crippen LogP contribution is 2.27. The number of carbonyl (C=O) groups excluding carboxylic acids is 1. The van der Waals surface area contributed by atoms with Gasteiger partial charge < -0.3 is 14.6 Å². The van der Waals surface area contributed by atoms with Gasteiger partial charge in [0.1, 0.15) is 5.97 Å². The molecule has 1 saturated heterocycles. The number of carbonyl (C=O) groups is 1. The molecular formula is C14H16F3O3-. The summed E-state index contributed by atoms with van der Waals surface area (Å²) in [5, 5.41) is 8.78. The topological polar surface area (TPSA) is 49.4 Å². The summed E-state index contributed by atoms with van der Waals surface area (Å²) in [4.78, 5) is 8.78. The summed E-state index contributed by atoms with van der Waals surface area (Å²) >= 11 is 0. The lowest BCUT2D eigenvalue weighted by molar-refractivity contribution is -0.344. The molecule has 3 nitrogen and oxygen atoms in total. The van der Waals surface area contributed by atoms with Gasteiger partial charge in [0, 0.05) is 12.5 Å². The summed E-state index contributed by atoms with van der Waals surface area (Å²) in [5.41, 5.74) is 2.88. The molecule has 1 aromatic rings. The fourth-order valence-corrected chi connectivity index (χ4v) is 2.03. The van der Waals surface area contributed by atoms with Crippen molar-refractivity contribution in [2.24, 2.45) is 0 Å². The van der Waals surface area contributed by atoms with E-state index in [9.17, 15) is 13.2 Å². The zero-order valence-electron chi connectivity index (χ0n) is 11.1. The Morgan fingerprint density at radius 3 is 2.40 bits per heavy atom. The van der Waals surface area contributed by atoms with Gasteiger partial charge in [-0.25, -0.2) is 0 Å². The summed E-state index contributed by atoms with van der Waals surface area (Å²) in [5.74, 6) is -2.37. The lowest BCUT2D eigenvalue weighted by Gasteiger charge is -2.23. The van der Waals surface area contributed by atoms with E-state index in [1.54, 1.807) is 0 Å². The average molecular weight is 289 g/mol. The van der Waals surface area contributed by atoms with Crippen LogP contribution in [0.25, 0.3) is 0 Å². The summed E-state index contributed by atoms with van der Waals surface area (Å²) < 4.78 is 37.0. The number of hydrogen-bond donors (Lipinski definition) is 0. The monoisotopic (exact) mass is 289 g/mol. The molecule has 0 aromatic heterocycles. The molecule has 1 unspecified atom stereocenters. The molecule has 1 aliphatic rings. The molecule has 6 heteroatoms. The van der Waals surface area contributed by atoms with Crippen molar-refractivity contribution in [1.82, 2.24) is 0 Å². The van der Waals surface area contributed by atoms with Crippen molar-refractivity contribution in [3.05, 3.63) is 35.4 Å². The second-order valence-corrected chi connectivity index (χ2v) is 4.56. The van der Waals surface area contributed by atoms with Crippen molar-refractivity contribution < 1.29 is 27.8 Å². The van der Waals surface area contributed by atoms with Gasteiger partial charge in [-0.3, -0.25) is 0 Å². The third kappa shape index (κ3) is 5.21. The zero-order chi connectivity index (χ0) is 15.2. The minimum atomic E-state index is -5.19. The summed E-state index contributed by atoms with van der Waals surface area (Å²) in [6, 6.07) is 8.64. The number of aryl methyl sites for hydroxylation is 1. The minimum Gasteiger partial charge on any atom is -0.542 e. The average Bonchev–Trinajstić information content (AvgIpc) is 2.40. The summed E-state index contributed by atoms with van der Waals surface area (Å²) in [7, 11) is 0. The SMILES string of the molecule is Cc1ccccc1C1CCCOC1.O=C([O-])C(F)(F)F. The zero-order valence-corrected chi connectivity index (χ0v) is 11.1. The molecular weight excluding hydrogens is 273 g/mol. The maximum Gasteiger partial charge on any atom is 0.430 e. The number of carboxylic acid groups (broad SMARTS) is 1. The first-order chi connectivity index (χ1) is 9.32. The maximum absolute atomic E-state index is 10.5. The predicted octanol–water partition coefficient (Wildman–Crippen LogP) is 2.19. The van der Waals surface area contributed by atoms with Crippen molar-refractivity contribution >= 4 is 5.97 Å². The Kier molecular flexibility index (Phi) is 6.01. The molecule has 20 heavy (non-hydrogen) atoms. The van der Waals surface area contributed by atoms with Crippen LogP contribution in [-0.2, 0) is 9.53 Å². The maximum atomic E-state index is 10.5. The minimum absolute atomic E-state index is 0.634. The van der Waals surface area contributed by atoms with Crippen LogP contribution in [0.1, 0.15) is 29.9 Å². The number of halogens is 3. The van der Waals surface area contributed by atoms with E-state index in [4.69, 9.17) is 14.6 Å². The van der Waals surface area contributed by atoms with Crippen LogP contribution >= 0.6 is 0 Å². The largest absolute Gasteiger partial charge is 0.542 e. The molecule has 0 N–H and O–H groups in total. The van der Waals surface area contributed by atoms with Crippen molar-refractivity contribution in [1.29, 1.82) is 0 Å². The van der Waals surface area contributed by atoms with Crippen molar-refractivity contribution in [2.45, 2.75) is 31.9 Å². The van der Waals surface area contributed by atoms with Crippen LogP contribution in [0.4, 0.5) is 13.2 Å². The second-order valence-electron chi connectivity index (χ2n) is 4.56. The quantitative estimate of drug-likeness (QED) is 0.796. The Balaban J connectivity index is 0.000000246. The van der Waals surface area contributed by atoms with E-state index in [-0.39, 0.29) is 0 Å². The first-order valence-electron chi connectivity index (χ1n) is 6.24. The van der Waals surface area contributed by atoms with E-state index >= 15 is 0 Å². The predicted molar refractivity (Wildman–Crippen MR) is 65.0 cm³/mol. The number of rotatable bonds is 1. The van der Waals surface area contributed by atoms with E-state index < -0.39 is 12.1 Å². The molecule has 112 valence electrons. The van der Waals surface area contributed by atoms with E-state index in [1.165, 1.54) is 24.0 Å². The number of alkyl halides is 3. The molecule has 2 rings (SSSR count). The van der Waals surface area contributed by atoms with Gasteiger partial charge in [-0.05, 0) is 30.9 Å². The Bertz CT molecular complexity index is 438. The molecule has 0 bridgehead atoms. The molecule has 1 atom stereocenters. The van der Waals surface area contributed by atoms with E-state index in [0.717, 1.165) is 13.2 Å². The molecule has 0 spiro atoms. The van der Waals surface area contributed by atoms with Crippen molar-refractivity contribution in [2.75, 3.05) is 13.2 Å². The standard InChI is InChI=1S/C12H16O.C2HF3O2/c1-10-5-2-3-7-12(10)11-6-4-8-13-9-11;3-2(4,5)1(6)7/h2-3,5,7,11H,4,6,8-9H2,1H3;(H,6,7)/p-1. The summed E-state index contributed by atoms with van der Waals surface area (Å²) in [6.45, 7) is 4.04. The highest BCUT2D eigenvalue weighted by atomic mass is 19.4. The highest BCUT2D eigenvalue weighted by Gasteiger charge is 2.28. The fraction of sp³-hybridized carbons (Fsp3) is 0.500. The van der Waals surface area contributed by atoms with Crippen molar-refractivity contribution in [3.8, 4) is 0 Å². The fourth-order valence-electron chi connectivity index (χ4n) is 2.03. The van der Waals surface area contributed by atoms with Gasteiger partial charge >= 0.3 is 6.18 Å². The Labute approximate surface area is 115 Å². The van der Waals surface area contributed by atoms with Gasteiger partial charge in [0.2, 0.25) is 0 Å². The normalized spacial score (nSPS) is 18.9. The van der Waals surface area contributed by atoms with Crippen LogP contribution < -0.4 is 5.11 Å². The van der Waals surface area contributed by atoms with Crippen LogP contribution in [0, 0.1) is 6.92 Å². The van der Waals surface area contributed by atoms with Gasteiger partial charge in [-0.15, -0.1) is 0 Å². The van der Waals surface area contributed by atoms with Gasteiger partial charge in [0.15, 0.2) is 0 Å². The van der Waals surface area contributed by atoms with Gasteiger partial charge in [-0.1, -0.05) is 24.3 Å². The number of aliphatic carboxylic acids is 1. The third-order valence-electron chi connectivity index (χ3n) is 3.02. The molecule has 1 fully saturated rings. The molecule has 1 aliphatic heterocycles. The Morgan fingerprint density at radius 2 is 1.95 bits per heavy atom. The molecule has 1 heterocycles. The highest BCUT2D eigenvalue weighted by molar-refractivity contribution is 5.70. The number of carboxylic acids is 1. The first kappa shape index (κ1) is 16.5. The number of hydrogen-bond acceptors (Lipinski definition) is 3. The summed E-state index contributed by atoms with van der Waals surface area (Å²) in [6.07, 6.45) is -2.70. The smallest absolute Gasteiger partial charge is 0.430 e. The molecule has 0 saturated carbocycles. The lowest BCUT2D eigenvalue weighted by atomic mass is 9.90.